The van der Waals surface area contributed by atoms with Crippen LogP contribution in [0.5, 0.6) is 0 Å². The number of sulfonamides is 1. The highest BCUT2D eigenvalue weighted by molar-refractivity contribution is 7.92. The van der Waals surface area contributed by atoms with Gasteiger partial charge in [0.25, 0.3) is 0 Å². The first-order valence-corrected chi connectivity index (χ1v) is 17.2. The monoisotopic (exact) mass is 643 g/mol. The van der Waals surface area contributed by atoms with Gasteiger partial charge in [-0.15, -0.1) is 0 Å². The second-order valence-corrected chi connectivity index (χ2v) is 14.1. The highest BCUT2D eigenvalue weighted by Gasteiger charge is 2.34. The fraction of sp³-hybridized carbons (Fsp3) is 0.394. The molecule has 7 nitrogen and oxygen atoms in total. The lowest BCUT2D eigenvalue weighted by Crippen LogP contribution is -2.55. The van der Waals surface area contributed by atoms with Crippen LogP contribution >= 0.6 is 23.2 Å². The molecule has 0 bridgehead atoms. The van der Waals surface area contributed by atoms with Gasteiger partial charge in [-0.05, 0) is 67.6 Å². The Balaban J connectivity index is 1.77. The molecule has 4 rings (SSSR count). The number of rotatable bonds is 11. The van der Waals surface area contributed by atoms with Crippen LogP contribution < -0.4 is 9.62 Å². The molecule has 0 saturated heterocycles. The van der Waals surface area contributed by atoms with Gasteiger partial charge in [0.1, 0.15) is 12.6 Å². The van der Waals surface area contributed by atoms with E-state index in [1.807, 2.05) is 50.2 Å². The normalized spacial score (nSPS) is 14.6. The van der Waals surface area contributed by atoms with E-state index in [1.54, 1.807) is 30.3 Å². The van der Waals surface area contributed by atoms with Gasteiger partial charge in [0, 0.05) is 34.6 Å². The molecular weight excluding hydrogens is 605 g/mol. The molecule has 0 radical (unpaired) electrons. The minimum atomic E-state index is -3.86. The Bertz CT molecular complexity index is 1500. The maximum atomic E-state index is 14.4. The van der Waals surface area contributed by atoms with Crippen molar-refractivity contribution >= 4 is 50.7 Å². The Morgan fingerprint density at radius 3 is 2.09 bits per heavy atom. The summed E-state index contributed by atoms with van der Waals surface area (Å²) in [5.41, 5.74) is 3.47. The van der Waals surface area contributed by atoms with E-state index in [0.717, 1.165) is 59.4 Å². The molecule has 1 aliphatic carbocycles. The Morgan fingerprint density at radius 2 is 1.51 bits per heavy atom. The van der Waals surface area contributed by atoms with Crippen molar-refractivity contribution in [1.29, 1.82) is 0 Å². The van der Waals surface area contributed by atoms with Crippen molar-refractivity contribution in [2.24, 2.45) is 0 Å². The quantitative estimate of drug-likeness (QED) is 0.260. The number of hydrogen-bond donors (Lipinski definition) is 1. The summed E-state index contributed by atoms with van der Waals surface area (Å²) in [7, 11) is -3.86. The molecule has 1 N–H and O–H groups in total. The summed E-state index contributed by atoms with van der Waals surface area (Å²) in [4.78, 5) is 29.8. The van der Waals surface area contributed by atoms with E-state index in [0.29, 0.717) is 21.3 Å². The highest BCUT2D eigenvalue weighted by Crippen LogP contribution is 2.29. The van der Waals surface area contributed by atoms with Crippen molar-refractivity contribution in [1.82, 2.24) is 10.2 Å². The Hall–Kier alpha value is -3.07. The summed E-state index contributed by atoms with van der Waals surface area (Å²) in [6.45, 7) is 3.18. The lowest BCUT2D eigenvalue weighted by molar-refractivity contribution is -0.140. The van der Waals surface area contributed by atoms with Gasteiger partial charge in [-0.1, -0.05) is 84.9 Å². The summed E-state index contributed by atoms with van der Waals surface area (Å²) < 4.78 is 27.2. The van der Waals surface area contributed by atoms with Crippen LogP contribution in [-0.2, 0) is 32.6 Å². The zero-order valence-corrected chi connectivity index (χ0v) is 27.2. The second-order valence-electron chi connectivity index (χ2n) is 11.4. The molecule has 1 atom stereocenters. The summed E-state index contributed by atoms with van der Waals surface area (Å²) >= 11 is 13.1. The number of benzene rings is 3. The molecule has 0 heterocycles. The third kappa shape index (κ3) is 8.97. The number of carbonyl (C=O) groups excluding carboxylic acids is 2. The zero-order chi connectivity index (χ0) is 31.1. The molecule has 3 aromatic carbocycles. The van der Waals surface area contributed by atoms with E-state index in [9.17, 15) is 18.0 Å². The summed E-state index contributed by atoms with van der Waals surface area (Å²) in [5.74, 6) is -0.829. The van der Waals surface area contributed by atoms with Crippen molar-refractivity contribution in [3.8, 4) is 0 Å². The molecule has 43 heavy (non-hydrogen) atoms. The van der Waals surface area contributed by atoms with Gasteiger partial charge in [0.2, 0.25) is 21.8 Å². The zero-order valence-electron chi connectivity index (χ0n) is 24.9. The molecule has 1 saturated carbocycles. The van der Waals surface area contributed by atoms with E-state index in [1.165, 1.54) is 4.90 Å². The number of anilines is 1. The minimum Gasteiger partial charge on any atom is -0.352 e. The summed E-state index contributed by atoms with van der Waals surface area (Å²) in [6, 6.07) is 19.0. The molecule has 2 amide bonds. The molecular formula is C33H39Cl2N3O4S. The van der Waals surface area contributed by atoms with Crippen molar-refractivity contribution in [3.63, 3.8) is 0 Å². The van der Waals surface area contributed by atoms with Gasteiger partial charge < -0.3 is 10.2 Å². The van der Waals surface area contributed by atoms with Crippen LogP contribution in [0, 0.1) is 13.8 Å². The molecule has 0 unspecified atom stereocenters. The SMILES string of the molecule is Cc1cc(C)cc(N(CC(=O)N(Cc2c(Cl)cccc2Cl)[C@@H](Cc2ccccc2)C(=O)NC2CCCCC2)S(C)(=O)=O)c1. The number of halogens is 2. The van der Waals surface area contributed by atoms with Crippen LogP contribution in [0.3, 0.4) is 0 Å². The smallest absolute Gasteiger partial charge is 0.244 e. The van der Waals surface area contributed by atoms with Crippen LogP contribution in [0.15, 0.2) is 66.7 Å². The Morgan fingerprint density at radius 1 is 0.907 bits per heavy atom. The highest BCUT2D eigenvalue weighted by atomic mass is 35.5. The Labute approximate surface area is 265 Å². The van der Waals surface area contributed by atoms with Crippen molar-refractivity contribution in [3.05, 3.63) is 99.0 Å². The predicted molar refractivity (Wildman–Crippen MR) is 174 cm³/mol. The van der Waals surface area contributed by atoms with Crippen molar-refractivity contribution < 1.29 is 18.0 Å². The first kappa shape index (κ1) is 32.8. The van der Waals surface area contributed by atoms with Crippen LogP contribution in [0.2, 0.25) is 10.0 Å². The van der Waals surface area contributed by atoms with E-state index < -0.39 is 28.5 Å². The van der Waals surface area contributed by atoms with E-state index in [-0.39, 0.29) is 24.9 Å². The topological polar surface area (TPSA) is 86.8 Å². The summed E-state index contributed by atoms with van der Waals surface area (Å²) in [5, 5.41) is 3.89. The van der Waals surface area contributed by atoms with Gasteiger partial charge in [-0.2, -0.15) is 0 Å². The van der Waals surface area contributed by atoms with Gasteiger partial charge in [-0.25, -0.2) is 8.42 Å². The average molecular weight is 645 g/mol. The number of amides is 2. The van der Waals surface area contributed by atoms with Crippen LogP contribution in [-0.4, -0.2) is 50.0 Å². The van der Waals surface area contributed by atoms with E-state index in [2.05, 4.69) is 5.32 Å². The first-order valence-electron chi connectivity index (χ1n) is 14.5. The van der Waals surface area contributed by atoms with Gasteiger partial charge in [-0.3, -0.25) is 13.9 Å². The minimum absolute atomic E-state index is 0.0168. The number of hydrogen-bond acceptors (Lipinski definition) is 4. The molecule has 230 valence electrons. The predicted octanol–water partition coefficient (Wildman–Crippen LogP) is 6.47. The van der Waals surface area contributed by atoms with Gasteiger partial charge in [0.05, 0.1) is 11.9 Å². The fourth-order valence-corrected chi connectivity index (χ4v) is 7.01. The first-order chi connectivity index (χ1) is 20.4. The standard InChI is InChI=1S/C33H39Cl2N3O4S/c1-23-17-24(2)19-27(18-23)38(43(3,41)42)22-32(39)37(21-28-29(34)15-10-16-30(28)35)31(20-25-11-6-4-7-12-25)33(40)36-26-13-8-5-9-14-26/h4,6-7,10-12,15-19,26,31H,5,8-9,13-14,20-22H2,1-3H3,(H,36,40)/t31-/m0/s1. The maximum absolute atomic E-state index is 14.4. The lowest BCUT2D eigenvalue weighted by Gasteiger charge is -2.35. The van der Waals surface area contributed by atoms with Gasteiger partial charge >= 0.3 is 0 Å². The number of carbonyl (C=O) groups is 2. The largest absolute Gasteiger partial charge is 0.352 e. The number of nitrogens with one attached hydrogen (secondary N) is 1. The third-order valence-electron chi connectivity index (χ3n) is 7.79. The van der Waals surface area contributed by atoms with Crippen LogP contribution in [0.4, 0.5) is 5.69 Å². The molecule has 1 fully saturated rings. The average Bonchev–Trinajstić information content (AvgIpc) is 2.94. The van der Waals surface area contributed by atoms with E-state index >= 15 is 0 Å². The second kappa shape index (κ2) is 14.6. The Kier molecular flexibility index (Phi) is 11.2. The molecule has 0 aliphatic heterocycles. The molecule has 3 aromatic rings. The third-order valence-corrected chi connectivity index (χ3v) is 9.64. The van der Waals surface area contributed by atoms with Crippen molar-refractivity contribution in [2.75, 3.05) is 17.1 Å². The molecule has 1 aliphatic rings. The molecule has 0 spiro atoms. The number of aryl methyl sites for hydroxylation is 2. The van der Waals surface area contributed by atoms with E-state index in [4.69, 9.17) is 23.2 Å². The molecule has 0 aromatic heterocycles. The van der Waals surface area contributed by atoms with Crippen LogP contribution in [0.1, 0.15) is 54.4 Å². The van der Waals surface area contributed by atoms with Gasteiger partial charge in [0.15, 0.2) is 0 Å². The maximum Gasteiger partial charge on any atom is 0.244 e. The fourth-order valence-electron chi connectivity index (χ4n) is 5.66. The van der Waals surface area contributed by atoms with Crippen molar-refractivity contribution in [2.45, 2.75) is 71.0 Å². The molecule has 10 heteroatoms. The number of nitrogens with zero attached hydrogens (tertiary/aromatic N) is 2. The lowest BCUT2D eigenvalue weighted by atomic mass is 9.94. The van der Waals surface area contributed by atoms with Crippen LogP contribution in [0.25, 0.3) is 0 Å². The summed E-state index contributed by atoms with van der Waals surface area (Å²) in [6.07, 6.45) is 6.26.